The fraction of sp³-hybridized carbons (Fsp3) is 0.316. The van der Waals surface area contributed by atoms with Crippen LogP contribution in [0.2, 0.25) is 0 Å². The molecule has 6 heteroatoms. The maximum Gasteiger partial charge on any atom is 0.338 e. The van der Waals surface area contributed by atoms with Crippen molar-refractivity contribution in [2.24, 2.45) is 0 Å². The van der Waals surface area contributed by atoms with E-state index in [2.05, 4.69) is 10.3 Å². The lowest BCUT2D eigenvalue weighted by Gasteiger charge is -2.06. The number of carbonyl (C=O) groups excluding carboxylic acids is 3. The minimum atomic E-state index is -0.535. The van der Waals surface area contributed by atoms with Crippen molar-refractivity contribution in [1.82, 2.24) is 10.3 Å². The van der Waals surface area contributed by atoms with Gasteiger partial charge in [-0.2, -0.15) is 0 Å². The molecule has 2 rings (SSSR count). The molecule has 6 nitrogen and oxygen atoms in total. The summed E-state index contributed by atoms with van der Waals surface area (Å²) in [5.74, 6) is -0.841. The van der Waals surface area contributed by atoms with E-state index < -0.39 is 5.97 Å². The number of H-pyrrole nitrogens is 1. The first-order valence-electron chi connectivity index (χ1n) is 8.06. The van der Waals surface area contributed by atoms with Gasteiger partial charge in [-0.05, 0) is 44.0 Å². The number of aromatic nitrogens is 1. The number of aryl methyl sites for hydroxylation is 2. The first-order chi connectivity index (χ1) is 11.9. The summed E-state index contributed by atoms with van der Waals surface area (Å²) in [5.41, 5.74) is 3.58. The Morgan fingerprint density at radius 3 is 2.36 bits per heavy atom. The van der Waals surface area contributed by atoms with Crippen molar-refractivity contribution in [3.63, 3.8) is 0 Å². The summed E-state index contributed by atoms with van der Waals surface area (Å²) in [6, 6.07) is 8.67. The van der Waals surface area contributed by atoms with Crippen LogP contribution < -0.4 is 5.32 Å². The summed E-state index contributed by atoms with van der Waals surface area (Å²) in [7, 11) is 0. The molecule has 0 aliphatic rings. The highest BCUT2D eigenvalue weighted by Crippen LogP contribution is 2.11. The minimum absolute atomic E-state index is 0.0716. The highest BCUT2D eigenvalue weighted by molar-refractivity contribution is 6.00. The van der Waals surface area contributed by atoms with E-state index in [1.54, 1.807) is 30.3 Å². The molecular weight excluding hydrogens is 320 g/mol. The normalized spacial score (nSPS) is 10.4. The van der Waals surface area contributed by atoms with E-state index in [9.17, 15) is 14.4 Å². The monoisotopic (exact) mass is 342 g/mol. The quantitative estimate of drug-likeness (QED) is 0.597. The summed E-state index contributed by atoms with van der Waals surface area (Å²) in [6.45, 7) is 5.39. The first kappa shape index (κ1) is 18.4. The molecule has 0 aliphatic carbocycles. The van der Waals surface area contributed by atoms with Crippen molar-refractivity contribution in [3.05, 3.63) is 58.4 Å². The average molecular weight is 342 g/mol. The third-order valence-corrected chi connectivity index (χ3v) is 3.76. The minimum Gasteiger partial charge on any atom is -0.454 e. The predicted octanol–water partition coefficient (Wildman–Crippen LogP) is 2.35. The average Bonchev–Trinajstić information content (AvgIpc) is 2.91. The zero-order valence-corrected chi connectivity index (χ0v) is 14.6. The number of hydrogen-bond donors (Lipinski definition) is 2. The maximum absolute atomic E-state index is 12.1. The Labute approximate surface area is 146 Å². The second kappa shape index (κ2) is 8.28. The Bertz CT molecular complexity index is 775. The van der Waals surface area contributed by atoms with E-state index >= 15 is 0 Å². The maximum atomic E-state index is 12.1. The number of ether oxygens (including phenoxy) is 1. The third-order valence-electron chi connectivity index (χ3n) is 3.76. The molecule has 0 radical (unpaired) electrons. The topological polar surface area (TPSA) is 88.3 Å². The Balaban J connectivity index is 1.87. The molecule has 1 amide bonds. The molecule has 1 aromatic heterocycles. The number of esters is 1. The second-order valence-electron chi connectivity index (χ2n) is 5.92. The number of amides is 1. The Morgan fingerprint density at radius 2 is 1.80 bits per heavy atom. The smallest absolute Gasteiger partial charge is 0.338 e. The second-order valence-corrected chi connectivity index (χ2v) is 5.92. The molecule has 25 heavy (non-hydrogen) atoms. The number of benzene rings is 1. The fourth-order valence-corrected chi connectivity index (χ4v) is 2.50. The van der Waals surface area contributed by atoms with E-state index in [0.29, 0.717) is 24.1 Å². The molecule has 0 bridgehead atoms. The van der Waals surface area contributed by atoms with Gasteiger partial charge in [0.25, 0.3) is 0 Å². The summed E-state index contributed by atoms with van der Waals surface area (Å²) >= 11 is 0. The lowest BCUT2D eigenvalue weighted by molar-refractivity contribution is -0.118. The lowest BCUT2D eigenvalue weighted by Crippen LogP contribution is -2.22. The molecular formula is C19H22N2O4. The lowest BCUT2D eigenvalue weighted by atomic mass is 10.1. The number of hydrogen-bond acceptors (Lipinski definition) is 4. The van der Waals surface area contributed by atoms with E-state index in [1.165, 1.54) is 6.92 Å². The third kappa shape index (κ3) is 5.31. The van der Waals surface area contributed by atoms with E-state index in [0.717, 1.165) is 17.0 Å². The molecule has 0 saturated carbocycles. The van der Waals surface area contributed by atoms with Crippen LogP contribution in [0.25, 0.3) is 0 Å². The number of ketones is 1. The predicted molar refractivity (Wildman–Crippen MR) is 93.7 cm³/mol. The van der Waals surface area contributed by atoms with Gasteiger partial charge in [-0.15, -0.1) is 0 Å². The molecule has 0 spiro atoms. The fourth-order valence-electron chi connectivity index (χ4n) is 2.50. The number of rotatable bonds is 7. The number of carbonyl (C=O) groups is 3. The summed E-state index contributed by atoms with van der Waals surface area (Å²) in [5, 5.41) is 2.72. The van der Waals surface area contributed by atoms with Gasteiger partial charge >= 0.3 is 5.97 Å². The Morgan fingerprint density at radius 1 is 1.12 bits per heavy atom. The molecule has 2 aromatic rings. The van der Waals surface area contributed by atoms with Gasteiger partial charge in [-0.3, -0.25) is 9.59 Å². The highest BCUT2D eigenvalue weighted by atomic mass is 16.5. The van der Waals surface area contributed by atoms with Crippen molar-refractivity contribution in [3.8, 4) is 0 Å². The summed E-state index contributed by atoms with van der Waals surface area (Å²) < 4.78 is 5.10. The van der Waals surface area contributed by atoms with E-state index in [4.69, 9.17) is 4.74 Å². The number of Topliss-reactive ketones (excluding diaryl/α,β-unsaturated/α-hetero) is 1. The standard InChI is InChI=1S/C19H22N2O4/c1-12-10-17(13(2)21-12)18(23)11-25-19(24)16-6-4-15(5-7-16)8-9-20-14(3)22/h4-7,10,21H,8-9,11H2,1-3H3,(H,20,22). The van der Waals surface area contributed by atoms with Gasteiger partial charge in [0, 0.05) is 30.4 Å². The molecule has 0 saturated heterocycles. The van der Waals surface area contributed by atoms with Gasteiger partial charge in [0.2, 0.25) is 11.7 Å². The van der Waals surface area contributed by atoms with Gasteiger partial charge < -0.3 is 15.0 Å². The van der Waals surface area contributed by atoms with Crippen LogP contribution in [-0.4, -0.2) is 35.8 Å². The van der Waals surface area contributed by atoms with Crippen LogP contribution in [-0.2, 0) is 16.0 Å². The van der Waals surface area contributed by atoms with Crippen molar-refractivity contribution < 1.29 is 19.1 Å². The summed E-state index contributed by atoms with van der Waals surface area (Å²) in [4.78, 5) is 38.0. The van der Waals surface area contributed by atoms with E-state index in [1.807, 2.05) is 13.8 Å². The van der Waals surface area contributed by atoms with Gasteiger partial charge in [0.15, 0.2) is 6.61 Å². The molecule has 1 heterocycles. The van der Waals surface area contributed by atoms with Crippen LogP contribution in [0.3, 0.4) is 0 Å². The van der Waals surface area contributed by atoms with Crippen LogP contribution in [0, 0.1) is 13.8 Å². The van der Waals surface area contributed by atoms with Gasteiger partial charge in [-0.25, -0.2) is 4.79 Å². The number of aromatic amines is 1. The molecule has 0 atom stereocenters. The Kier molecular flexibility index (Phi) is 6.11. The van der Waals surface area contributed by atoms with Gasteiger partial charge in [0.05, 0.1) is 5.56 Å². The SMILES string of the molecule is CC(=O)NCCc1ccc(C(=O)OCC(=O)c2cc(C)[nH]c2C)cc1. The molecule has 0 unspecified atom stereocenters. The van der Waals surface area contributed by atoms with Crippen LogP contribution in [0.5, 0.6) is 0 Å². The van der Waals surface area contributed by atoms with Gasteiger partial charge in [-0.1, -0.05) is 12.1 Å². The van der Waals surface area contributed by atoms with Crippen molar-refractivity contribution >= 4 is 17.7 Å². The number of nitrogens with one attached hydrogen (secondary N) is 2. The molecule has 1 aromatic carbocycles. The molecule has 2 N–H and O–H groups in total. The molecule has 132 valence electrons. The van der Waals surface area contributed by atoms with Crippen molar-refractivity contribution in [1.29, 1.82) is 0 Å². The van der Waals surface area contributed by atoms with Crippen LogP contribution in [0.15, 0.2) is 30.3 Å². The highest BCUT2D eigenvalue weighted by Gasteiger charge is 2.15. The zero-order chi connectivity index (χ0) is 18.4. The van der Waals surface area contributed by atoms with Crippen molar-refractivity contribution in [2.75, 3.05) is 13.2 Å². The van der Waals surface area contributed by atoms with Gasteiger partial charge in [0.1, 0.15) is 0 Å². The van der Waals surface area contributed by atoms with Crippen LogP contribution in [0.1, 0.15) is 44.6 Å². The molecule has 0 aliphatic heterocycles. The Hall–Kier alpha value is -2.89. The largest absolute Gasteiger partial charge is 0.454 e. The first-order valence-corrected chi connectivity index (χ1v) is 8.06. The van der Waals surface area contributed by atoms with Crippen LogP contribution >= 0.6 is 0 Å². The molecule has 0 fully saturated rings. The zero-order valence-electron chi connectivity index (χ0n) is 14.6. The van der Waals surface area contributed by atoms with E-state index in [-0.39, 0.29) is 18.3 Å². The summed E-state index contributed by atoms with van der Waals surface area (Å²) in [6.07, 6.45) is 0.680. The van der Waals surface area contributed by atoms with Crippen LogP contribution in [0.4, 0.5) is 0 Å². The van der Waals surface area contributed by atoms with Crippen molar-refractivity contribution in [2.45, 2.75) is 27.2 Å².